The standard InChI is InChI=1S/C22H14BrCl3FN3O3/c23-14-10-30(9-13-15(24)3-1-5-17(13)27)29-21(14)28-22(31)19-8-7-12(33-19)11-32-18-6-2-4-16(25)20(18)26/h1-8,10H,9,11H2,(H,28,29,31). The number of carbonyl (C=O) groups excluding carboxylic acids is 1. The lowest BCUT2D eigenvalue weighted by atomic mass is 10.2. The van der Waals surface area contributed by atoms with E-state index in [4.69, 9.17) is 44.0 Å². The van der Waals surface area contributed by atoms with Gasteiger partial charge in [-0.3, -0.25) is 9.48 Å². The summed E-state index contributed by atoms with van der Waals surface area (Å²) in [5, 5.41) is 7.87. The number of furan rings is 1. The summed E-state index contributed by atoms with van der Waals surface area (Å²) in [6.45, 7) is 0.142. The van der Waals surface area contributed by atoms with Gasteiger partial charge in [-0.1, -0.05) is 46.9 Å². The Morgan fingerprint density at radius 3 is 2.67 bits per heavy atom. The number of benzene rings is 2. The average molecular weight is 574 g/mol. The van der Waals surface area contributed by atoms with Crippen LogP contribution < -0.4 is 10.1 Å². The predicted molar refractivity (Wildman–Crippen MR) is 128 cm³/mol. The van der Waals surface area contributed by atoms with E-state index in [1.165, 1.54) is 22.9 Å². The first-order valence-corrected chi connectivity index (χ1v) is 11.4. The second kappa shape index (κ2) is 10.2. The summed E-state index contributed by atoms with van der Waals surface area (Å²) >= 11 is 21.5. The van der Waals surface area contributed by atoms with Gasteiger partial charge in [0.05, 0.1) is 16.0 Å². The molecule has 2 aromatic carbocycles. The summed E-state index contributed by atoms with van der Waals surface area (Å²) in [6.07, 6.45) is 1.61. The first kappa shape index (κ1) is 23.6. The summed E-state index contributed by atoms with van der Waals surface area (Å²) in [5.41, 5.74) is 0.294. The molecule has 0 aliphatic heterocycles. The molecule has 0 saturated heterocycles. The molecular weight excluding hydrogens is 560 g/mol. The maximum absolute atomic E-state index is 14.0. The highest BCUT2D eigenvalue weighted by molar-refractivity contribution is 9.10. The van der Waals surface area contributed by atoms with Gasteiger partial charge in [0.1, 0.15) is 29.0 Å². The van der Waals surface area contributed by atoms with Gasteiger partial charge in [-0.15, -0.1) is 0 Å². The van der Waals surface area contributed by atoms with Crippen molar-refractivity contribution in [2.24, 2.45) is 0 Å². The minimum Gasteiger partial charge on any atom is -0.484 e. The molecule has 2 heterocycles. The van der Waals surface area contributed by atoms with E-state index in [1.54, 1.807) is 36.5 Å². The van der Waals surface area contributed by atoms with Crippen molar-refractivity contribution in [1.82, 2.24) is 9.78 Å². The second-order valence-electron chi connectivity index (χ2n) is 6.78. The maximum atomic E-state index is 14.0. The maximum Gasteiger partial charge on any atom is 0.292 e. The fourth-order valence-corrected chi connectivity index (χ4v) is 3.88. The Bertz CT molecular complexity index is 1310. The van der Waals surface area contributed by atoms with Crippen LogP contribution in [-0.2, 0) is 13.2 Å². The SMILES string of the molecule is O=C(Nc1nn(Cc2c(F)cccc2Cl)cc1Br)c1ccc(COc2cccc(Cl)c2Cl)o1. The van der Waals surface area contributed by atoms with Crippen LogP contribution in [0.25, 0.3) is 0 Å². The van der Waals surface area contributed by atoms with E-state index in [9.17, 15) is 9.18 Å². The molecule has 11 heteroatoms. The third-order valence-electron chi connectivity index (χ3n) is 4.50. The summed E-state index contributed by atoms with van der Waals surface area (Å²) in [7, 11) is 0. The smallest absolute Gasteiger partial charge is 0.292 e. The van der Waals surface area contributed by atoms with Crippen LogP contribution in [-0.4, -0.2) is 15.7 Å². The van der Waals surface area contributed by atoms with E-state index in [0.29, 0.717) is 31.6 Å². The molecule has 0 atom stereocenters. The van der Waals surface area contributed by atoms with Gasteiger partial charge < -0.3 is 14.5 Å². The molecule has 4 aromatic rings. The molecule has 0 aliphatic carbocycles. The highest BCUT2D eigenvalue weighted by Crippen LogP contribution is 2.32. The van der Waals surface area contributed by atoms with E-state index in [-0.39, 0.29) is 29.8 Å². The molecule has 0 spiro atoms. The Hall–Kier alpha value is -2.52. The van der Waals surface area contributed by atoms with Gasteiger partial charge in [0.15, 0.2) is 11.6 Å². The molecular formula is C22H14BrCl3FN3O3. The van der Waals surface area contributed by atoms with Crippen molar-refractivity contribution in [1.29, 1.82) is 0 Å². The first-order valence-electron chi connectivity index (χ1n) is 9.44. The number of halogens is 5. The lowest BCUT2D eigenvalue weighted by molar-refractivity contribution is 0.0992. The zero-order valence-electron chi connectivity index (χ0n) is 16.6. The van der Waals surface area contributed by atoms with Crippen molar-refractivity contribution >= 4 is 62.5 Å². The zero-order chi connectivity index (χ0) is 23.5. The molecule has 1 amide bonds. The van der Waals surface area contributed by atoms with Gasteiger partial charge in [0, 0.05) is 16.8 Å². The summed E-state index contributed by atoms with van der Waals surface area (Å²) in [4.78, 5) is 12.6. The number of anilines is 1. The Morgan fingerprint density at radius 1 is 1.12 bits per heavy atom. The van der Waals surface area contributed by atoms with Gasteiger partial charge in [-0.05, 0) is 52.3 Å². The highest BCUT2D eigenvalue weighted by Gasteiger charge is 2.17. The predicted octanol–water partition coefficient (Wildman–Crippen LogP) is 7.22. The van der Waals surface area contributed by atoms with Crippen molar-refractivity contribution in [3.8, 4) is 5.75 Å². The van der Waals surface area contributed by atoms with Gasteiger partial charge in [0.2, 0.25) is 0 Å². The molecule has 1 N–H and O–H groups in total. The number of rotatable bonds is 7. The van der Waals surface area contributed by atoms with Crippen LogP contribution in [0, 0.1) is 5.82 Å². The Labute approximate surface area is 211 Å². The topological polar surface area (TPSA) is 69.3 Å². The first-order chi connectivity index (χ1) is 15.8. The number of hydrogen-bond donors (Lipinski definition) is 1. The van der Waals surface area contributed by atoms with Crippen molar-refractivity contribution in [2.75, 3.05) is 5.32 Å². The zero-order valence-corrected chi connectivity index (χ0v) is 20.5. The van der Waals surface area contributed by atoms with Gasteiger partial charge >= 0.3 is 0 Å². The fourth-order valence-electron chi connectivity index (χ4n) is 2.90. The van der Waals surface area contributed by atoms with Crippen molar-refractivity contribution < 1.29 is 18.3 Å². The minimum atomic E-state index is -0.517. The molecule has 0 saturated carbocycles. The number of amides is 1. The van der Waals surface area contributed by atoms with Gasteiger partial charge in [-0.2, -0.15) is 5.10 Å². The monoisotopic (exact) mass is 571 g/mol. The van der Waals surface area contributed by atoms with E-state index >= 15 is 0 Å². The lowest BCUT2D eigenvalue weighted by Crippen LogP contribution is -2.12. The number of hydrogen-bond acceptors (Lipinski definition) is 4. The largest absolute Gasteiger partial charge is 0.484 e. The Balaban J connectivity index is 1.41. The lowest BCUT2D eigenvalue weighted by Gasteiger charge is -2.07. The number of aromatic nitrogens is 2. The number of carbonyl (C=O) groups is 1. The third-order valence-corrected chi connectivity index (χ3v) is 6.24. The molecule has 6 nitrogen and oxygen atoms in total. The minimum absolute atomic E-state index is 0.0507. The molecule has 0 fully saturated rings. The third kappa shape index (κ3) is 5.52. The van der Waals surface area contributed by atoms with Crippen LogP contribution in [0.4, 0.5) is 10.2 Å². The molecule has 170 valence electrons. The number of ether oxygens (including phenoxy) is 1. The van der Waals surface area contributed by atoms with Crippen LogP contribution in [0.2, 0.25) is 15.1 Å². The molecule has 2 aromatic heterocycles. The van der Waals surface area contributed by atoms with Crippen LogP contribution in [0.15, 0.2) is 63.6 Å². The molecule has 33 heavy (non-hydrogen) atoms. The van der Waals surface area contributed by atoms with E-state index < -0.39 is 11.7 Å². The molecule has 0 aliphatic rings. The average Bonchev–Trinajstić information content (AvgIpc) is 3.39. The van der Waals surface area contributed by atoms with Crippen LogP contribution in [0.3, 0.4) is 0 Å². The van der Waals surface area contributed by atoms with E-state index in [0.717, 1.165) is 0 Å². The highest BCUT2D eigenvalue weighted by atomic mass is 79.9. The van der Waals surface area contributed by atoms with Crippen LogP contribution in [0.5, 0.6) is 5.75 Å². The van der Waals surface area contributed by atoms with Crippen molar-refractivity contribution in [2.45, 2.75) is 13.2 Å². The van der Waals surface area contributed by atoms with E-state index in [2.05, 4.69) is 26.3 Å². The summed E-state index contributed by atoms with van der Waals surface area (Å²) in [5.74, 6) is 0.156. The quantitative estimate of drug-likeness (QED) is 0.254. The van der Waals surface area contributed by atoms with Gasteiger partial charge in [0.25, 0.3) is 5.91 Å². The van der Waals surface area contributed by atoms with Gasteiger partial charge in [-0.25, -0.2) is 4.39 Å². The number of nitrogens with zero attached hydrogens (tertiary/aromatic N) is 2. The van der Waals surface area contributed by atoms with E-state index in [1.807, 2.05) is 0 Å². The molecule has 0 bridgehead atoms. The second-order valence-corrected chi connectivity index (χ2v) is 8.83. The normalized spacial score (nSPS) is 10.9. The summed E-state index contributed by atoms with van der Waals surface area (Å²) in [6, 6.07) is 12.6. The van der Waals surface area contributed by atoms with Crippen LogP contribution >= 0.6 is 50.7 Å². The molecule has 0 radical (unpaired) electrons. The molecule has 4 rings (SSSR count). The Morgan fingerprint density at radius 2 is 1.88 bits per heavy atom. The Kier molecular flexibility index (Phi) is 7.29. The van der Waals surface area contributed by atoms with Crippen molar-refractivity contribution in [3.63, 3.8) is 0 Å². The summed E-state index contributed by atoms with van der Waals surface area (Å²) < 4.78 is 27.2. The van der Waals surface area contributed by atoms with Crippen molar-refractivity contribution in [3.05, 3.63) is 97.2 Å². The number of nitrogens with one attached hydrogen (secondary N) is 1. The fraction of sp³-hybridized carbons (Fsp3) is 0.0909. The molecule has 0 unspecified atom stereocenters. The van der Waals surface area contributed by atoms with Crippen LogP contribution in [0.1, 0.15) is 21.9 Å².